The molecule has 6 heteroatoms. The molecular weight excluding hydrogens is 320 g/mol. The van der Waals surface area contributed by atoms with Crippen molar-refractivity contribution in [3.05, 3.63) is 53.5 Å². The quantitative estimate of drug-likeness (QED) is 0.874. The van der Waals surface area contributed by atoms with E-state index in [0.717, 1.165) is 19.4 Å². The first-order valence-corrected chi connectivity index (χ1v) is 8.29. The summed E-state index contributed by atoms with van der Waals surface area (Å²) in [4.78, 5) is 12.4. The topological polar surface area (TPSA) is 84.5 Å². The molecule has 1 aromatic heterocycles. The van der Waals surface area contributed by atoms with Crippen LogP contribution in [0.4, 0.5) is 0 Å². The molecular formula is C19H20N2O4. The maximum absolute atomic E-state index is 12.4. The van der Waals surface area contributed by atoms with Crippen molar-refractivity contribution >= 4 is 5.91 Å². The Hall–Kier alpha value is -2.78. The summed E-state index contributed by atoms with van der Waals surface area (Å²) in [6.45, 7) is 2.86. The highest BCUT2D eigenvalue weighted by atomic mass is 16.5. The van der Waals surface area contributed by atoms with E-state index in [1.807, 2.05) is 6.92 Å². The first kappa shape index (κ1) is 17.1. The van der Waals surface area contributed by atoms with Gasteiger partial charge in [0.15, 0.2) is 5.76 Å². The van der Waals surface area contributed by atoms with Gasteiger partial charge >= 0.3 is 0 Å². The highest BCUT2D eigenvalue weighted by Gasteiger charge is 2.25. The molecule has 1 N–H and O–H groups in total. The standard InChI is InChI=1S/C19H20N2O4/c1-13(17-6-3-8-23-17)21-19(22)18-15(7-9-24-18)12-25-16-5-2-4-14(10-16)11-20/h2,4-5,7,9-10,13,17H,3,6,8,12H2,1H3,(H,21,22)/t13-,17+/m1/s1. The van der Waals surface area contributed by atoms with Crippen molar-refractivity contribution in [1.82, 2.24) is 5.32 Å². The van der Waals surface area contributed by atoms with Gasteiger partial charge in [-0.25, -0.2) is 0 Å². The number of carbonyl (C=O) groups excluding carboxylic acids is 1. The van der Waals surface area contributed by atoms with E-state index in [9.17, 15) is 4.79 Å². The number of hydrogen-bond donors (Lipinski definition) is 1. The van der Waals surface area contributed by atoms with E-state index in [1.54, 1.807) is 30.3 Å². The second-order valence-corrected chi connectivity index (χ2v) is 6.02. The Morgan fingerprint density at radius 3 is 3.12 bits per heavy atom. The predicted octanol–water partition coefficient (Wildman–Crippen LogP) is 3.03. The van der Waals surface area contributed by atoms with Crippen molar-refractivity contribution in [2.24, 2.45) is 0 Å². The average Bonchev–Trinajstić information content (AvgIpc) is 3.31. The lowest BCUT2D eigenvalue weighted by molar-refractivity contribution is 0.0695. The molecule has 25 heavy (non-hydrogen) atoms. The molecule has 1 amide bonds. The van der Waals surface area contributed by atoms with Crippen LogP contribution in [-0.2, 0) is 11.3 Å². The smallest absolute Gasteiger partial charge is 0.287 e. The average molecular weight is 340 g/mol. The van der Waals surface area contributed by atoms with Crippen molar-refractivity contribution in [2.75, 3.05) is 6.61 Å². The first-order valence-electron chi connectivity index (χ1n) is 8.29. The molecule has 1 aliphatic heterocycles. The number of furan rings is 1. The van der Waals surface area contributed by atoms with Gasteiger partial charge in [-0.15, -0.1) is 0 Å². The Balaban J connectivity index is 1.61. The third-order valence-electron chi connectivity index (χ3n) is 4.19. The number of hydrogen-bond acceptors (Lipinski definition) is 5. The molecule has 130 valence electrons. The fraction of sp³-hybridized carbons (Fsp3) is 0.368. The summed E-state index contributed by atoms with van der Waals surface area (Å²) in [5, 5.41) is 11.8. The minimum atomic E-state index is -0.280. The van der Waals surface area contributed by atoms with Gasteiger partial charge in [0.2, 0.25) is 0 Å². The second-order valence-electron chi connectivity index (χ2n) is 6.02. The van der Waals surface area contributed by atoms with Gasteiger partial charge in [-0.05, 0) is 44.0 Å². The lowest BCUT2D eigenvalue weighted by Crippen LogP contribution is -2.41. The van der Waals surface area contributed by atoms with Crippen LogP contribution in [0.1, 0.15) is 41.4 Å². The normalized spacial score (nSPS) is 17.7. The minimum absolute atomic E-state index is 0.0485. The predicted molar refractivity (Wildman–Crippen MR) is 90.1 cm³/mol. The summed E-state index contributed by atoms with van der Waals surface area (Å²) in [5.74, 6) is 0.526. The zero-order valence-corrected chi connectivity index (χ0v) is 14.0. The van der Waals surface area contributed by atoms with Gasteiger partial charge in [-0.3, -0.25) is 4.79 Å². The molecule has 2 aromatic rings. The van der Waals surface area contributed by atoms with Crippen LogP contribution in [-0.4, -0.2) is 24.7 Å². The molecule has 0 unspecified atom stereocenters. The molecule has 6 nitrogen and oxygen atoms in total. The molecule has 0 bridgehead atoms. The maximum Gasteiger partial charge on any atom is 0.287 e. The molecule has 0 aliphatic carbocycles. The van der Waals surface area contributed by atoms with Crippen LogP contribution in [0, 0.1) is 11.3 Å². The van der Waals surface area contributed by atoms with Gasteiger partial charge in [0.05, 0.1) is 30.0 Å². The Morgan fingerprint density at radius 1 is 1.48 bits per heavy atom. The first-order chi connectivity index (χ1) is 12.2. The molecule has 1 aliphatic rings. The number of nitrogens with one attached hydrogen (secondary N) is 1. The Morgan fingerprint density at radius 2 is 2.36 bits per heavy atom. The summed E-state index contributed by atoms with van der Waals surface area (Å²) in [5.41, 5.74) is 1.17. The summed E-state index contributed by atoms with van der Waals surface area (Å²) in [7, 11) is 0. The van der Waals surface area contributed by atoms with E-state index >= 15 is 0 Å². The molecule has 3 rings (SSSR count). The van der Waals surface area contributed by atoms with Crippen molar-refractivity contribution in [3.8, 4) is 11.8 Å². The Kier molecular flexibility index (Phi) is 5.36. The Bertz CT molecular complexity index is 772. The van der Waals surface area contributed by atoms with Gasteiger partial charge in [-0.2, -0.15) is 5.26 Å². The molecule has 1 saturated heterocycles. The second kappa shape index (κ2) is 7.86. The van der Waals surface area contributed by atoms with Gasteiger partial charge in [0.1, 0.15) is 12.4 Å². The van der Waals surface area contributed by atoms with Crippen molar-refractivity contribution in [1.29, 1.82) is 5.26 Å². The zero-order valence-electron chi connectivity index (χ0n) is 14.0. The minimum Gasteiger partial charge on any atom is -0.489 e. The van der Waals surface area contributed by atoms with E-state index in [-0.39, 0.29) is 30.4 Å². The van der Waals surface area contributed by atoms with Gasteiger partial charge in [-0.1, -0.05) is 6.07 Å². The number of nitrogens with zero attached hydrogens (tertiary/aromatic N) is 1. The molecule has 0 saturated carbocycles. The third kappa shape index (κ3) is 4.20. The van der Waals surface area contributed by atoms with Crippen LogP contribution in [0.15, 0.2) is 41.0 Å². The number of ether oxygens (including phenoxy) is 2. The van der Waals surface area contributed by atoms with Gasteiger partial charge in [0, 0.05) is 12.2 Å². The van der Waals surface area contributed by atoms with Crippen molar-refractivity contribution < 1.29 is 18.7 Å². The van der Waals surface area contributed by atoms with E-state index in [0.29, 0.717) is 16.9 Å². The SMILES string of the molecule is C[C@@H](NC(=O)c1occc1COc1cccc(C#N)c1)[C@@H]1CCCO1. The number of rotatable bonds is 6. The van der Waals surface area contributed by atoms with Crippen LogP contribution in [0.2, 0.25) is 0 Å². The fourth-order valence-corrected chi connectivity index (χ4v) is 2.83. The van der Waals surface area contributed by atoms with E-state index in [4.69, 9.17) is 19.2 Å². The molecule has 1 aromatic carbocycles. The van der Waals surface area contributed by atoms with Crippen LogP contribution in [0.5, 0.6) is 5.75 Å². The number of nitriles is 1. The molecule has 2 heterocycles. The summed E-state index contributed by atoms with van der Waals surface area (Å²) in [6.07, 6.45) is 3.49. The number of amides is 1. The van der Waals surface area contributed by atoms with Crippen molar-refractivity contribution in [3.63, 3.8) is 0 Å². The monoisotopic (exact) mass is 340 g/mol. The lowest BCUT2D eigenvalue weighted by Gasteiger charge is -2.19. The zero-order chi connectivity index (χ0) is 17.6. The van der Waals surface area contributed by atoms with E-state index < -0.39 is 0 Å². The van der Waals surface area contributed by atoms with Crippen molar-refractivity contribution in [2.45, 2.75) is 38.5 Å². The lowest BCUT2D eigenvalue weighted by atomic mass is 10.1. The highest BCUT2D eigenvalue weighted by molar-refractivity contribution is 5.93. The number of benzene rings is 1. The van der Waals surface area contributed by atoms with Gasteiger partial charge in [0.25, 0.3) is 5.91 Å². The molecule has 2 atom stereocenters. The summed E-state index contributed by atoms with van der Waals surface area (Å²) >= 11 is 0. The summed E-state index contributed by atoms with van der Waals surface area (Å²) in [6, 6.07) is 10.6. The van der Waals surface area contributed by atoms with Crippen LogP contribution < -0.4 is 10.1 Å². The highest BCUT2D eigenvalue weighted by Crippen LogP contribution is 2.19. The van der Waals surface area contributed by atoms with Crippen LogP contribution >= 0.6 is 0 Å². The summed E-state index contributed by atoms with van der Waals surface area (Å²) < 4.78 is 16.6. The largest absolute Gasteiger partial charge is 0.489 e. The third-order valence-corrected chi connectivity index (χ3v) is 4.19. The fourth-order valence-electron chi connectivity index (χ4n) is 2.83. The Labute approximate surface area is 146 Å². The van der Waals surface area contributed by atoms with Crippen LogP contribution in [0.3, 0.4) is 0 Å². The molecule has 0 radical (unpaired) electrons. The molecule has 1 fully saturated rings. The van der Waals surface area contributed by atoms with Gasteiger partial charge < -0.3 is 19.2 Å². The van der Waals surface area contributed by atoms with Crippen LogP contribution in [0.25, 0.3) is 0 Å². The number of carbonyl (C=O) groups is 1. The maximum atomic E-state index is 12.4. The van der Waals surface area contributed by atoms with E-state index in [2.05, 4.69) is 11.4 Å². The van der Waals surface area contributed by atoms with E-state index in [1.165, 1.54) is 6.26 Å². The molecule has 0 spiro atoms.